The molecule has 1 aliphatic rings. The summed E-state index contributed by atoms with van der Waals surface area (Å²) in [4.78, 5) is 11.8. The molecule has 1 aromatic carbocycles. The van der Waals surface area contributed by atoms with E-state index in [1.54, 1.807) is 6.07 Å². The molecule has 20 heavy (non-hydrogen) atoms. The molecule has 4 nitrogen and oxygen atoms in total. The molecule has 5 heteroatoms. The van der Waals surface area contributed by atoms with E-state index < -0.39 is 11.7 Å². The molecule has 0 heterocycles. The third kappa shape index (κ3) is 4.49. The van der Waals surface area contributed by atoms with Crippen molar-refractivity contribution >= 4 is 5.91 Å². The van der Waals surface area contributed by atoms with E-state index in [0.717, 1.165) is 18.9 Å². The lowest BCUT2D eigenvalue weighted by Crippen LogP contribution is -2.26. The predicted molar refractivity (Wildman–Crippen MR) is 73.4 cm³/mol. The molecule has 1 saturated carbocycles. The van der Waals surface area contributed by atoms with Crippen LogP contribution in [0.25, 0.3) is 0 Å². The SMILES string of the molecule is COc1ccc(C(=O)NCCCOCC2CC2)c(F)c1. The number of rotatable bonds is 8. The molecule has 1 N–H and O–H groups in total. The van der Waals surface area contributed by atoms with Crippen molar-refractivity contribution in [3.8, 4) is 5.75 Å². The first-order chi connectivity index (χ1) is 9.70. The number of hydrogen-bond donors (Lipinski definition) is 1. The highest BCUT2D eigenvalue weighted by molar-refractivity contribution is 5.94. The second kappa shape index (κ2) is 7.24. The number of carbonyl (C=O) groups is 1. The normalized spacial score (nSPS) is 14.1. The van der Waals surface area contributed by atoms with Gasteiger partial charge in [-0.2, -0.15) is 0 Å². The maximum atomic E-state index is 13.6. The molecule has 1 aromatic rings. The summed E-state index contributed by atoms with van der Waals surface area (Å²) in [6, 6.07) is 4.19. The largest absolute Gasteiger partial charge is 0.497 e. The van der Waals surface area contributed by atoms with Crippen molar-refractivity contribution in [1.82, 2.24) is 5.32 Å². The molecule has 0 saturated heterocycles. The number of amides is 1. The van der Waals surface area contributed by atoms with Crippen LogP contribution < -0.4 is 10.1 Å². The average molecular weight is 281 g/mol. The smallest absolute Gasteiger partial charge is 0.254 e. The first kappa shape index (κ1) is 14.8. The Balaban J connectivity index is 1.68. The van der Waals surface area contributed by atoms with Gasteiger partial charge in [0.1, 0.15) is 11.6 Å². The molecule has 0 atom stereocenters. The number of nitrogens with one attached hydrogen (secondary N) is 1. The van der Waals surface area contributed by atoms with Crippen LogP contribution in [0.3, 0.4) is 0 Å². The Labute approximate surface area is 118 Å². The summed E-state index contributed by atoms with van der Waals surface area (Å²) >= 11 is 0. The molecule has 0 aromatic heterocycles. The summed E-state index contributed by atoms with van der Waals surface area (Å²) < 4.78 is 24.0. The number of methoxy groups -OCH3 is 1. The minimum atomic E-state index is -0.577. The summed E-state index contributed by atoms with van der Waals surface area (Å²) in [7, 11) is 1.45. The van der Waals surface area contributed by atoms with Crippen LogP contribution in [0.1, 0.15) is 29.6 Å². The van der Waals surface area contributed by atoms with Crippen LogP contribution in [0.2, 0.25) is 0 Å². The fourth-order valence-corrected chi connectivity index (χ4v) is 1.81. The zero-order valence-electron chi connectivity index (χ0n) is 11.7. The molecular formula is C15H20FNO3. The van der Waals surface area contributed by atoms with Crippen LogP contribution in [-0.4, -0.2) is 32.8 Å². The van der Waals surface area contributed by atoms with Crippen molar-refractivity contribution in [2.45, 2.75) is 19.3 Å². The monoisotopic (exact) mass is 281 g/mol. The molecule has 2 rings (SSSR count). The molecular weight excluding hydrogens is 261 g/mol. The van der Waals surface area contributed by atoms with Gasteiger partial charge in [0.25, 0.3) is 5.91 Å². The summed E-state index contributed by atoms with van der Waals surface area (Å²) in [5.74, 6) is 0.157. The van der Waals surface area contributed by atoms with Crippen molar-refractivity contribution in [2.75, 3.05) is 26.9 Å². The minimum Gasteiger partial charge on any atom is -0.497 e. The van der Waals surface area contributed by atoms with Crippen molar-refractivity contribution in [3.05, 3.63) is 29.6 Å². The zero-order chi connectivity index (χ0) is 14.4. The third-order valence-corrected chi connectivity index (χ3v) is 3.22. The highest BCUT2D eigenvalue weighted by Crippen LogP contribution is 2.28. The molecule has 0 aliphatic heterocycles. The molecule has 0 unspecified atom stereocenters. The Morgan fingerprint density at radius 1 is 1.45 bits per heavy atom. The van der Waals surface area contributed by atoms with Crippen LogP contribution in [0.5, 0.6) is 5.75 Å². The van der Waals surface area contributed by atoms with Crippen molar-refractivity contribution < 1.29 is 18.7 Å². The first-order valence-corrected chi connectivity index (χ1v) is 6.90. The first-order valence-electron chi connectivity index (χ1n) is 6.90. The highest BCUT2D eigenvalue weighted by atomic mass is 19.1. The highest BCUT2D eigenvalue weighted by Gasteiger charge is 2.20. The Morgan fingerprint density at radius 2 is 2.25 bits per heavy atom. The van der Waals surface area contributed by atoms with Gasteiger partial charge >= 0.3 is 0 Å². The fourth-order valence-electron chi connectivity index (χ4n) is 1.81. The number of carbonyl (C=O) groups excluding carboxylic acids is 1. The number of hydrogen-bond acceptors (Lipinski definition) is 3. The molecule has 110 valence electrons. The van der Waals surface area contributed by atoms with Gasteiger partial charge in [0, 0.05) is 25.8 Å². The molecule has 0 bridgehead atoms. The van der Waals surface area contributed by atoms with Crippen LogP contribution in [0.4, 0.5) is 4.39 Å². The topological polar surface area (TPSA) is 47.6 Å². The maximum absolute atomic E-state index is 13.6. The van der Waals surface area contributed by atoms with Crippen molar-refractivity contribution in [2.24, 2.45) is 5.92 Å². The quantitative estimate of drug-likeness (QED) is 0.744. The summed E-state index contributed by atoms with van der Waals surface area (Å²) in [6.07, 6.45) is 3.27. The Bertz CT molecular complexity index is 460. The maximum Gasteiger partial charge on any atom is 0.254 e. The van der Waals surface area contributed by atoms with Crippen LogP contribution in [0, 0.1) is 11.7 Å². The molecule has 0 radical (unpaired) electrons. The van der Waals surface area contributed by atoms with E-state index in [2.05, 4.69) is 5.32 Å². The lowest BCUT2D eigenvalue weighted by molar-refractivity contribution is 0.0933. The molecule has 1 fully saturated rings. The Kier molecular flexibility index (Phi) is 5.35. The Morgan fingerprint density at radius 3 is 2.90 bits per heavy atom. The van der Waals surface area contributed by atoms with Crippen LogP contribution in [-0.2, 0) is 4.74 Å². The molecule has 1 aliphatic carbocycles. The van der Waals surface area contributed by atoms with E-state index >= 15 is 0 Å². The van der Waals surface area contributed by atoms with Gasteiger partial charge in [-0.3, -0.25) is 4.79 Å². The third-order valence-electron chi connectivity index (χ3n) is 3.22. The van der Waals surface area contributed by atoms with Gasteiger partial charge in [0.05, 0.1) is 12.7 Å². The molecule has 1 amide bonds. The van der Waals surface area contributed by atoms with Gasteiger partial charge in [-0.25, -0.2) is 4.39 Å². The van der Waals surface area contributed by atoms with Gasteiger partial charge in [0.15, 0.2) is 0 Å². The van der Waals surface area contributed by atoms with Crippen molar-refractivity contribution in [1.29, 1.82) is 0 Å². The van der Waals surface area contributed by atoms with Crippen LogP contribution >= 0.6 is 0 Å². The second-order valence-electron chi connectivity index (χ2n) is 4.97. The fraction of sp³-hybridized carbons (Fsp3) is 0.533. The summed E-state index contributed by atoms with van der Waals surface area (Å²) in [5.41, 5.74) is 0.0321. The lowest BCUT2D eigenvalue weighted by atomic mass is 10.2. The summed E-state index contributed by atoms with van der Waals surface area (Å²) in [6.45, 7) is 1.93. The van der Waals surface area contributed by atoms with E-state index in [4.69, 9.17) is 9.47 Å². The van der Waals surface area contributed by atoms with Gasteiger partial charge in [0.2, 0.25) is 0 Å². The molecule has 0 spiro atoms. The lowest BCUT2D eigenvalue weighted by Gasteiger charge is -2.07. The van der Waals surface area contributed by atoms with E-state index in [9.17, 15) is 9.18 Å². The number of halogens is 1. The van der Waals surface area contributed by atoms with Gasteiger partial charge in [-0.15, -0.1) is 0 Å². The van der Waals surface area contributed by atoms with E-state index in [1.165, 1.54) is 32.1 Å². The number of ether oxygens (including phenoxy) is 2. The van der Waals surface area contributed by atoms with E-state index in [1.807, 2.05) is 0 Å². The van der Waals surface area contributed by atoms with E-state index in [-0.39, 0.29) is 5.56 Å². The number of benzene rings is 1. The summed E-state index contributed by atoms with van der Waals surface area (Å²) in [5, 5.41) is 2.68. The zero-order valence-corrected chi connectivity index (χ0v) is 11.7. The van der Waals surface area contributed by atoms with Gasteiger partial charge in [-0.1, -0.05) is 0 Å². The Hall–Kier alpha value is -1.62. The van der Waals surface area contributed by atoms with Crippen molar-refractivity contribution in [3.63, 3.8) is 0 Å². The van der Waals surface area contributed by atoms with Crippen LogP contribution in [0.15, 0.2) is 18.2 Å². The second-order valence-corrected chi connectivity index (χ2v) is 4.97. The minimum absolute atomic E-state index is 0.0321. The van der Waals surface area contributed by atoms with Gasteiger partial charge < -0.3 is 14.8 Å². The standard InChI is InChI=1S/C15H20FNO3/c1-19-12-5-6-13(14(16)9-12)15(18)17-7-2-8-20-10-11-3-4-11/h5-6,9,11H,2-4,7-8,10H2,1H3,(H,17,18). The van der Waals surface area contributed by atoms with E-state index in [0.29, 0.717) is 18.9 Å². The predicted octanol–water partition coefficient (Wildman–Crippen LogP) is 2.38. The van der Waals surface area contributed by atoms with Gasteiger partial charge in [-0.05, 0) is 37.3 Å². The average Bonchev–Trinajstić information content (AvgIpc) is 3.26.